The average Bonchev–Trinajstić information content (AvgIpc) is 2.81. The minimum atomic E-state index is 0.601. The Balaban J connectivity index is 2.12. The summed E-state index contributed by atoms with van der Waals surface area (Å²) in [4.78, 5) is 8.88. The van der Waals surface area contributed by atoms with Gasteiger partial charge in [0.1, 0.15) is 17.5 Å². The van der Waals surface area contributed by atoms with Gasteiger partial charge < -0.3 is 10.6 Å². The highest BCUT2D eigenvalue weighted by Gasteiger charge is 2.15. The van der Waals surface area contributed by atoms with Gasteiger partial charge in [-0.25, -0.2) is 9.97 Å². The lowest BCUT2D eigenvalue weighted by Crippen LogP contribution is -2.16. The van der Waals surface area contributed by atoms with Crippen LogP contribution in [-0.2, 0) is 6.42 Å². The van der Waals surface area contributed by atoms with Crippen LogP contribution in [0.5, 0.6) is 0 Å². The second-order valence-corrected chi connectivity index (χ2v) is 4.28. The third-order valence-electron chi connectivity index (χ3n) is 3.05. The van der Waals surface area contributed by atoms with E-state index in [4.69, 9.17) is 0 Å². The minimum absolute atomic E-state index is 0.601. The van der Waals surface area contributed by atoms with Gasteiger partial charge in [-0.2, -0.15) is 0 Å². The molecule has 0 aromatic carbocycles. The molecule has 4 nitrogen and oxygen atoms in total. The number of aromatic nitrogens is 2. The Morgan fingerprint density at radius 2 is 1.94 bits per heavy atom. The summed E-state index contributed by atoms with van der Waals surface area (Å²) in [5.41, 5.74) is 0. The molecule has 0 atom stereocenters. The smallest absolute Gasteiger partial charge is 0.132 e. The molecule has 1 aliphatic rings. The van der Waals surface area contributed by atoms with Crippen LogP contribution in [0.2, 0.25) is 0 Å². The average molecular weight is 220 g/mol. The highest BCUT2D eigenvalue weighted by molar-refractivity contribution is 5.47. The van der Waals surface area contributed by atoms with Crippen molar-refractivity contribution in [1.82, 2.24) is 9.97 Å². The third-order valence-corrected chi connectivity index (χ3v) is 3.05. The van der Waals surface area contributed by atoms with Crippen LogP contribution in [0.1, 0.15) is 38.4 Å². The third kappa shape index (κ3) is 2.62. The number of hydrogen-bond donors (Lipinski definition) is 2. The van der Waals surface area contributed by atoms with Crippen LogP contribution in [0.15, 0.2) is 6.07 Å². The normalized spacial score (nSPS) is 16.4. The number of rotatable bonds is 4. The Bertz CT molecular complexity index is 323. The van der Waals surface area contributed by atoms with Crippen molar-refractivity contribution in [2.45, 2.75) is 45.1 Å². The van der Waals surface area contributed by atoms with Gasteiger partial charge in [-0.1, -0.05) is 19.8 Å². The lowest BCUT2D eigenvalue weighted by Gasteiger charge is -2.14. The van der Waals surface area contributed by atoms with Gasteiger partial charge in [-0.3, -0.25) is 0 Å². The summed E-state index contributed by atoms with van der Waals surface area (Å²) >= 11 is 0. The van der Waals surface area contributed by atoms with Crippen molar-refractivity contribution < 1.29 is 0 Å². The first-order chi connectivity index (χ1) is 7.81. The fourth-order valence-corrected chi connectivity index (χ4v) is 2.14. The Morgan fingerprint density at radius 1 is 1.25 bits per heavy atom. The van der Waals surface area contributed by atoms with Crippen molar-refractivity contribution >= 4 is 11.6 Å². The molecule has 4 heteroatoms. The second kappa shape index (κ2) is 5.14. The van der Waals surface area contributed by atoms with Gasteiger partial charge in [0.15, 0.2) is 0 Å². The molecule has 1 saturated carbocycles. The van der Waals surface area contributed by atoms with Crippen molar-refractivity contribution in [3.63, 3.8) is 0 Å². The molecule has 0 bridgehead atoms. The fourth-order valence-electron chi connectivity index (χ4n) is 2.14. The molecule has 0 saturated heterocycles. The van der Waals surface area contributed by atoms with Crippen LogP contribution >= 0.6 is 0 Å². The Hall–Kier alpha value is -1.32. The first-order valence-corrected chi connectivity index (χ1v) is 6.14. The molecule has 1 heterocycles. The lowest BCUT2D eigenvalue weighted by atomic mass is 10.2. The molecule has 0 amide bonds. The summed E-state index contributed by atoms with van der Waals surface area (Å²) in [5.74, 6) is 2.75. The molecule has 2 rings (SSSR count). The number of anilines is 2. The summed E-state index contributed by atoms with van der Waals surface area (Å²) in [6.07, 6.45) is 6.07. The summed E-state index contributed by atoms with van der Waals surface area (Å²) in [5, 5.41) is 6.58. The van der Waals surface area contributed by atoms with Crippen molar-refractivity contribution in [1.29, 1.82) is 0 Å². The topological polar surface area (TPSA) is 49.8 Å². The van der Waals surface area contributed by atoms with Crippen LogP contribution in [-0.4, -0.2) is 23.1 Å². The highest BCUT2D eigenvalue weighted by atomic mass is 15.1. The molecule has 0 spiro atoms. The van der Waals surface area contributed by atoms with Gasteiger partial charge in [-0.15, -0.1) is 0 Å². The number of aryl methyl sites for hydroxylation is 1. The Morgan fingerprint density at radius 3 is 2.56 bits per heavy atom. The molecule has 0 unspecified atom stereocenters. The molecular formula is C12H20N4. The van der Waals surface area contributed by atoms with E-state index in [1.165, 1.54) is 25.7 Å². The van der Waals surface area contributed by atoms with Gasteiger partial charge in [-0.05, 0) is 12.8 Å². The van der Waals surface area contributed by atoms with Crippen LogP contribution < -0.4 is 10.6 Å². The number of hydrogen-bond acceptors (Lipinski definition) is 4. The first-order valence-electron chi connectivity index (χ1n) is 6.14. The number of nitrogens with one attached hydrogen (secondary N) is 2. The van der Waals surface area contributed by atoms with E-state index < -0.39 is 0 Å². The van der Waals surface area contributed by atoms with Crippen LogP contribution in [0.3, 0.4) is 0 Å². The van der Waals surface area contributed by atoms with Crippen molar-refractivity contribution in [2.75, 3.05) is 17.7 Å². The van der Waals surface area contributed by atoms with E-state index in [-0.39, 0.29) is 0 Å². The molecule has 88 valence electrons. The fraction of sp³-hybridized carbons (Fsp3) is 0.667. The van der Waals surface area contributed by atoms with E-state index in [9.17, 15) is 0 Å². The minimum Gasteiger partial charge on any atom is -0.373 e. The molecule has 1 fully saturated rings. The summed E-state index contributed by atoms with van der Waals surface area (Å²) in [6.45, 7) is 2.08. The first kappa shape index (κ1) is 11.2. The zero-order valence-electron chi connectivity index (χ0n) is 10.1. The van der Waals surface area contributed by atoms with Gasteiger partial charge in [0.2, 0.25) is 0 Å². The summed E-state index contributed by atoms with van der Waals surface area (Å²) < 4.78 is 0. The standard InChI is InChI=1S/C12H20N4/c1-3-10-15-11(13-2)8-12(16-10)14-9-6-4-5-7-9/h8-9H,3-7H2,1-2H3,(H2,13,14,15,16). The summed E-state index contributed by atoms with van der Waals surface area (Å²) in [7, 11) is 1.89. The van der Waals surface area contributed by atoms with E-state index in [0.29, 0.717) is 6.04 Å². The van der Waals surface area contributed by atoms with Crippen LogP contribution in [0.4, 0.5) is 11.6 Å². The highest BCUT2D eigenvalue weighted by Crippen LogP contribution is 2.22. The van der Waals surface area contributed by atoms with E-state index >= 15 is 0 Å². The molecule has 1 aliphatic carbocycles. The lowest BCUT2D eigenvalue weighted by molar-refractivity contribution is 0.747. The second-order valence-electron chi connectivity index (χ2n) is 4.28. The van der Waals surface area contributed by atoms with Gasteiger partial charge in [0.25, 0.3) is 0 Å². The zero-order valence-corrected chi connectivity index (χ0v) is 10.1. The van der Waals surface area contributed by atoms with Gasteiger partial charge in [0, 0.05) is 25.6 Å². The predicted octanol–water partition coefficient (Wildman–Crippen LogP) is 2.44. The zero-order chi connectivity index (χ0) is 11.4. The van der Waals surface area contributed by atoms with Crippen molar-refractivity contribution in [3.05, 3.63) is 11.9 Å². The van der Waals surface area contributed by atoms with Gasteiger partial charge in [0.05, 0.1) is 0 Å². The summed E-state index contributed by atoms with van der Waals surface area (Å²) in [6, 6.07) is 2.58. The monoisotopic (exact) mass is 220 g/mol. The maximum atomic E-state index is 4.50. The molecule has 0 aliphatic heterocycles. The van der Waals surface area contributed by atoms with Crippen molar-refractivity contribution in [3.8, 4) is 0 Å². The largest absolute Gasteiger partial charge is 0.373 e. The van der Waals surface area contributed by atoms with Crippen LogP contribution in [0, 0.1) is 0 Å². The maximum absolute atomic E-state index is 4.50. The molecule has 1 aromatic rings. The Kier molecular flexibility index (Phi) is 3.59. The van der Waals surface area contributed by atoms with Gasteiger partial charge >= 0.3 is 0 Å². The van der Waals surface area contributed by atoms with Crippen LogP contribution in [0.25, 0.3) is 0 Å². The quantitative estimate of drug-likeness (QED) is 0.818. The maximum Gasteiger partial charge on any atom is 0.132 e. The molecule has 0 radical (unpaired) electrons. The van der Waals surface area contributed by atoms with Crippen molar-refractivity contribution in [2.24, 2.45) is 0 Å². The number of nitrogens with zero attached hydrogens (tertiary/aromatic N) is 2. The molecule has 2 N–H and O–H groups in total. The van der Waals surface area contributed by atoms with E-state index in [1.807, 2.05) is 13.1 Å². The van der Waals surface area contributed by atoms with E-state index in [2.05, 4.69) is 27.5 Å². The predicted molar refractivity (Wildman–Crippen MR) is 66.8 cm³/mol. The SMILES string of the molecule is CCc1nc(NC)cc(NC2CCCC2)n1. The molecule has 16 heavy (non-hydrogen) atoms. The van der Waals surface area contributed by atoms with E-state index in [0.717, 1.165) is 23.9 Å². The molecule has 1 aromatic heterocycles. The Labute approximate surface area is 96.9 Å². The molecular weight excluding hydrogens is 200 g/mol. The van der Waals surface area contributed by atoms with E-state index in [1.54, 1.807) is 0 Å².